The number of benzene rings is 2. The summed E-state index contributed by atoms with van der Waals surface area (Å²) >= 11 is 5.99. The molecule has 0 bridgehead atoms. The number of rotatable bonds is 13. The zero-order valence-electron chi connectivity index (χ0n) is 22.0. The SMILES string of the molecule is CC[C@H](C(=O)NCC(C)C)N(Cc1ccc(Cl)cc1)C(=O)CN(c1cc([N+](=O)[O-])ccc1OC)S(C)(=O)=O. The van der Waals surface area contributed by atoms with Crippen LogP contribution < -0.4 is 14.4 Å². The summed E-state index contributed by atoms with van der Waals surface area (Å²) in [5.41, 5.74) is 0.136. The molecular weight excluding hydrogens is 536 g/mol. The Kier molecular flexibility index (Phi) is 10.9. The van der Waals surface area contributed by atoms with Crippen molar-refractivity contribution in [1.29, 1.82) is 0 Å². The molecule has 0 unspecified atom stereocenters. The van der Waals surface area contributed by atoms with Crippen molar-refractivity contribution >= 4 is 44.8 Å². The van der Waals surface area contributed by atoms with E-state index in [1.165, 1.54) is 24.1 Å². The Morgan fingerprint density at radius 1 is 1.16 bits per heavy atom. The lowest BCUT2D eigenvalue weighted by atomic mass is 10.1. The molecule has 0 aromatic heterocycles. The molecule has 2 rings (SSSR count). The van der Waals surface area contributed by atoms with E-state index in [1.807, 2.05) is 13.8 Å². The van der Waals surface area contributed by atoms with Gasteiger partial charge in [-0.3, -0.25) is 24.0 Å². The molecule has 11 nitrogen and oxygen atoms in total. The third-order valence-corrected chi connectivity index (χ3v) is 7.04. The monoisotopic (exact) mass is 568 g/mol. The van der Waals surface area contributed by atoms with E-state index in [1.54, 1.807) is 31.2 Å². The zero-order chi connectivity index (χ0) is 28.6. The van der Waals surface area contributed by atoms with Gasteiger partial charge in [0, 0.05) is 30.2 Å². The molecule has 1 N–H and O–H groups in total. The minimum atomic E-state index is -4.11. The molecule has 0 saturated heterocycles. The van der Waals surface area contributed by atoms with Gasteiger partial charge in [0.25, 0.3) is 5.69 Å². The van der Waals surface area contributed by atoms with Gasteiger partial charge < -0.3 is 15.0 Å². The summed E-state index contributed by atoms with van der Waals surface area (Å²) in [6.07, 6.45) is 1.15. The Bertz CT molecular complexity index is 1250. The second-order valence-electron chi connectivity index (χ2n) is 9.09. The van der Waals surface area contributed by atoms with Crippen molar-refractivity contribution in [3.63, 3.8) is 0 Å². The Hall–Kier alpha value is -3.38. The number of halogens is 1. The minimum Gasteiger partial charge on any atom is -0.495 e. The summed E-state index contributed by atoms with van der Waals surface area (Å²) in [4.78, 5) is 38.8. The van der Waals surface area contributed by atoms with Gasteiger partial charge in [-0.05, 0) is 36.1 Å². The molecule has 2 aromatic rings. The number of ether oxygens (including phenoxy) is 1. The number of carbonyl (C=O) groups excluding carboxylic acids is 2. The molecule has 0 heterocycles. The third-order valence-electron chi connectivity index (χ3n) is 5.66. The van der Waals surface area contributed by atoms with Gasteiger partial charge in [0.15, 0.2) is 0 Å². The van der Waals surface area contributed by atoms with Gasteiger partial charge in [-0.25, -0.2) is 8.42 Å². The Morgan fingerprint density at radius 3 is 2.29 bits per heavy atom. The van der Waals surface area contributed by atoms with Crippen LogP contribution in [0.3, 0.4) is 0 Å². The quantitative estimate of drug-likeness (QED) is 0.287. The van der Waals surface area contributed by atoms with Crippen molar-refractivity contribution in [3.8, 4) is 5.75 Å². The van der Waals surface area contributed by atoms with E-state index < -0.39 is 33.4 Å². The van der Waals surface area contributed by atoms with Gasteiger partial charge in [0.05, 0.1) is 18.3 Å². The lowest BCUT2D eigenvalue weighted by Gasteiger charge is -2.33. The molecule has 0 saturated carbocycles. The molecule has 0 spiro atoms. The fraction of sp³-hybridized carbons (Fsp3) is 0.440. The number of nitrogens with one attached hydrogen (secondary N) is 1. The minimum absolute atomic E-state index is 0.00722. The number of non-ortho nitro benzene ring substituents is 1. The summed E-state index contributed by atoms with van der Waals surface area (Å²) in [6.45, 7) is 5.33. The Morgan fingerprint density at radius 2 is 1.79 bits per heavy atom. The molecule has 0 aliphatic carbocycles. The maximum absolute atomic E-state index is 13.7. The molecule has 0 aliphatic rings. The highest BCUT2D eigenvalue weighted by atomic mass is 35.5. The molecule has 0 aliphatic heterocycles. The standard InChI is InChI=1S/C25H33ClN4O7S/c1-6-21(25(32)27-14-17(2)3)28(15-18-7-9-19(26)10-8-18)24(31)16-29(38(5,35)36)22-13-20(30(33)34)11-12-23(22)37-4/h7-13,17,21H,6,14-16H2,1-5H3,(H,27,32)/t21-/m1/s1. The summed E-state index contributed by atoms with van der Waals surface area (Å²) < 4.78 is 31.6. The number of anilines is 1. The molecule has 13 heteroatoms. The van der Waals surface area contributed by atoms with E-state index in [0.717, 1.165) is 16.6 Å². The molecule has 38 heavy (non-hydrogen) atoms. The summed E-state index contributed by atoms with van der Waals surface area (Å²) in [7, 11) is -2.83. The van der Waals surface area contributed by atoms with Crippen LogP contribution in [-0.2, 0) is 26.2 Å². The van der Waals surface area contributed by atoms with E-state index in [-0.39, 0.29) is 41.9 Å². The van der Waals surface area contributed by atoms with Crippen LogP contribution in [-0.4, -0.2) is 62.6 Å². The van der Waals surface area contributed by atoms with Gasteiger partial charge in [-0.15, -0.1) is 0 Å². The van der Waals surface area contributed by atoms with Crippen LogP contribution in [0, 0.1) is 16.0 Å². The van der Waals surface area contributed by atoms with E-state index >= 15 is 0 Å². The number of methoxy groups -OCH3 is 1. The fourth-order valence-corrected chi connectivity index (χ4v) is 4.68. The van der Waals surface area contributed by atoms with Gasteiger partial charge >= 0.3 is 0 Å². The van der Waals surface area contributed by atoms with Crippen molar-refractivity contribution in [1.82, 2.24) is 10.2 Å². The van der Waals surface area contributed by atoms with Crippen molar-refractivity contribution in [2.75, 3.05) is 30.8 Å². The predicted octanol–water partition coefficient (Wildman–Crippen LogP) is 3.60. The van der Waals surface area contributed by atoms with Crippen molar-refractivity contribution < 1.29 is 27.7 Å². The molecule has 0 radical (unpaired) electrons. The van der Waals surface area contributed by atoms with E-state index in [4.69, 9.17) is 16.3 Å². The number of amides is 2. The van der Waals surface area contributed by atoms with Gasteiger partial charge in [0.1, 0.15) is 24.0 Å². The summed E-state index contributed by atoms with van der Waals surface area (Å²) in [5.74, 6) is -0.841. The number of carbonyl (C=O) groups is 2. The fourth-order valence-electron chi connectivity index (χ4n) is 3.71. The topological polar surface area (TPSA) is 139 Å². The Labute approximate surface area is 227 Å². The van der Waals surface area contributed by atoms with Crippen LogP contribution in [0.25, 0.3) is 0 Å². The number of nitro groups is 1. The number of nitro benzene ring substituents is 1. The van der Waals surface area contributed by atoms with Crippen LogP contribution in [0.15, 0.2) is 42.5 Å². The first kappa shape index (κ1) is 30.8. The van der Waals surface area contributed by atoms with Crippen LogP contribution in [0.2, 0.25) is 5.02 Å². The first-order valence-corrected chi connectivity index (χ1v) is 14.1. The smallest absolute Gasteiger partial charge is 0.271 e. The lowest BCUT2D eigenvalue weighted by molar-refractivity contribution is -0.384. The predicted molar refractivity (Wildman–Crippen MR) is 146 cm³/mol. The average Bonchev–Trinajstić information content (AvgIpc) is 2.85. The van der Waals surface area contributed by atoms with Gasteiger partial charge in [0.2, 0.25) is 21.8 Å². The van der Waals surface area contributed by atoms with Crippen LogP contribution in [0.1, 0.15) is 32.8 Å². The van der Waals surface area contributed by atoms with Crippen molar-refractivity contribution in [3.05, 3.63) is 63.2 Å². The Balaban J connectivity index is 2.53. The highest BCUT2D eigenvalue weighted by Gasteiger charge is 2.33. The van der Waals surface area contributed by atoms with Crippen molar-refractivity contribution in [2.45, 2.75) is 39.8 Å². The number of nitrogens with zero attached hydrogens (tertiary/aromatic N) is 3. The molecule has 1 atom stereocenters. The van der Waals surface area contributed by atoms with Crippen LogP contribution in [0.5, 0.6) is 5.75 Å². The average molecular weight is 569 g/mol. The highest BCUT2D eigenvalue weighted by Crippen LogP contribution is 2.34. The summed E-state index contributed by atoms with van der Waals surface area (Å²) in [5, 5.41) is 14.7. The third kappa shape index (κ3) is 8.32. The van der Waals surface area contributed by atoms with Crippen LogP contribution in [0.4, 0.5) is 11.4 Å². The first-order valence-electron chi connectivity index (χ1n) is 11.9. The molecule has 0 fully saturated rings. The molecule has 2 aromatic carbocycles. The zero-order valence-corrected chi connectivity index (χ0v) is 23.6. The van der Waals surface area contributed by atoms with E-state index in [2.05, 4.69) is 5.32 Å². The highest BCUT2D eigenvalue weighted by molar-refractivity contribution is 7.92. The largest absolute Gasteiger partial charge is 0.495 e. The maximum atomic E-state index is 13.7. The molecule has 208 valence electrons. The van der Waals surface area contributed by atoms with Gasteiger partial charge in [-0.2, -0.15) is 0 Å². The van der Waals surface area contributed by atoms with Crippen molar-refractivity contribution in [2.24, 2.45) is 5.92 Å². The molecular formula is C25H33ClN4O7S. The number of hydrogen-bond acceptors (Lipinski definition) is 7. The number of hydrogen-bond donors (Lipinski definition) is 1. The first-order chi connectivity index (χ1) is 17.8. The molecule has 2 amide bonds. The number of sulfonamides is 1. The van der Waals surface area contributed by atoms with E-state index in [0.29, 0.717) is 17.1 Å². The normalized spacial score (nSPS) is 12.1. The van der Waals surface area contributed by atoms with E-state index in [9.17, 15) is 28.1 Å². The van der Waals surface area contributed by atoms with Gasteiger partial charge in [-0.1, -0.05) is 44.5 Å². The second-order valence-corrected chi connectivity index (χ2v) is 11.4. The summed E-state index contributed by atoms with van der Waals surface area (Å²) in [6, 6.07) is 9.28. The van der Waals surface area contributed by atoms with Crippen LogP contribution >= 0.6 is 11.6 Å². The maximum Gasteiger partial charge on any atom is 0.271 e. The lowest BCUT2D eigenvalue weighted by Crippen LogP contribution is -2.52. The second kappa shape index (κ2) is 13.4.